The van der Waals surface area contributed by atoms with Crippen LogP contribution in [0.3, 0.4) is 0 Å². The number of likely N-dealkylation sites (N-methyl/N-ethyl adjacent to an activating group) is 1. The topological polar surface area (TPSA) is 23.5 Å². The molecule has 0 aromatic heterocycles. The second-order valence-electron chi connectivity index (χ2n) is 4.56. The lowest BCUT2D eigenvalue weighted by Crippen LogP contribution is -2.26. The maximum atomic E-state index is 8.89. The zero-order chi connectivity index (χ0) is 11.5. The number of nitrogens with zero attached hydrogens (tertiary/aromatic N) is 1. The molecule has 0 bridgehead atoms. The summed E-state index contributed by atoms with van der Waals surface area (Å²) in [4.78, 5) is 2.18. The number of aliphatic hydroxyl groups excluding tert-OH is 1. The van der Waals surface area contributed by atoms with E-state index in [1.807, 2.05) is 6.07 Å². The minimum atomic E-state index is 0.228. The van der Waals surface area contributed by atoms with Crippen LogP contribution in [0.5, 0.6) is 0 Å². The fourth-order valence-electron chi connectivity index (χ4n) is 2.49. The van der Waals surface area contributed by atoms with Crippen LogP contribution in [-0.2, 0) is 6.42 Å². The summed E-state index contributed by atoms with van der Waals surface area (Å²) in [6, 6.07) is 6.21. The summed E-state index contributed by atoms with van der Waals surface area (Å²) in [6.07, 6.45) is 2.36. The van der Waals surface area contributed by atoms with Gasteiger partial charge in [-0.1, -0.05) is 17.7 Å². The van der Waals surface area contributed by atoms with Crippen LogP contribution in [0.4, 0.5) is 0 Å². The Morgan fingerprint density at radius 2 is 2.31 bits per heavy atom. The second kappa shape index (κ2) is 5.17. The number of hydrogen-bond donors (Lipinski definition) is 1. The first kappa shape index (κ1) is 11.9. The molecule has 2 nitrogen and oxygen atoms in total. The quantitative estimate of drug-likeness (QED) is 0.872. The molecule has 3 heteroatoms. The van der Waals surface area contributed by atoms with E-state index in [0.717, 1.165) is 24.5 Å². The normalized spacial score (nSPS) is 19.1. The lowest BCUT2D eigenvalue weighted by molar-refractivity contribution is 0.214. The summed E-state index contributed by atoms with van der Waals surface area (Å²) in [5.41, 5.74) is 2.84. The number of hydrogen-bond acceptors (Lipinski definition) is 2. The molecule has 0 radical (unpaired) electrons. The van der Waals surface area contributed by atoms with Gasteiger partial charge >= 0.3 is 0 Å². The van der Waals surface area contributed by atoms with Crippen LogP contribution in [0.15, 0.2) is 18.2 Å². The van der Waals surface area contributed by atoms with Gasteiger partial charge in [0.05, 0.1) is 6.61 Å². The fraction of sp³-hybridized carbons (Fsp3) is 0.538. The predicted molar refractivity (Wildman–Crippen MR) is 67.1 cm³/mol. The first-order valence-electron chi connectivity index (χ1n) is 5.78. The molecule has 0 saturated heterocycles. The Kier molecular flexibility index (Phi) is 3.85. The van der Waals surface area contributed by atoms with Gasteiger partial charge in [-0.3, -0.25) is 0 Å². The molecule has 1 aliphatic carbocycles. The standard InChI is InChI=1S/C13H18ClNO/c1-15(6-7-16)9-11-3-2-10-4-5-12(14)8-13(10)11/h4-5,8,11,16H,2-3,6-7,9H2,1H3/t11-/m0/s1. The van der Waals surface area contributed by atoms with E-state index in [4.69, 9.17) is 16.7 Å². The molecule has 0 heterocycles. The third-order valence-corrected chi connectivity index (χ3v) is 3.56. The highest BCUT2D eigenvalue weighted by molar-refractivity contribution is 6.30. The summed E-state index contributed by atoms with van der Waals surface area (Å²) >= 11 is 6.03. The number of fused-ring (bicyclic) bond motifs is 1. The van der Waals surface area contributed by atoms with E-state index in [9.17, 15) is 0 Å². The molecule has 0 amide bonds. The lowest BCUT2D eigenvalue weighted by Gasteiger charge is -2.20. The molecule has 0 aliphatic heterocycles. The number of halogens is 1. The van der Waals surface area contributed by atoms with Gasteiger partial charge in [0.2, 0.25) is 0 Å². The molecular formula is C13H18ClNO. The summed E-state index contributed by atoms with van der Waals surface area (Å²) in [7, 11) is 2.05. The zero-order valence-corrected chi connectivity index (χ0v) is 10.4. The van der Waals surface area contributed by atoms with Crippen LogP contribution in [0.1, 0.15) is 23.5 Å². The summed E-state index contributed by atoms with van der Waals surface area (Å²) in [6.45, 7) is 1.98. The van der Waals surface area contributed by atoms with Crippen molar-refractivity contribution < 1.29 is 5.11 Å². The second-order valence-corrected chi connectivity index (χ2v) is 5.00. The molecule has 0 fully saturated rings. The van der Waals surface area contributed by atoms with Crippen LogP contribution in [0, 0.1) is 0 Å². The van der Waals surface area contributed by atoms with Crippen LogP contribution in [0.2, 0.25) is 5.02 Å². The van der Waals surface area contributed by atoms with Gasteiger partial charge in [-0.05, 0) is 49.1 Å². The van der Waals surface area contributed by atoms with Gasteiger partial charge in [-0.25, -0.2) is 0 Å². The van der Waals surface area contributed by atoms with E-state index in [1.165, 1.54) is 17.5 Å². The molecule has 1 aliphatic rings. The number of benzene rings is 1. The molecular weight excluding hydrogens is 222 g/mol. The van der Waals surface area contributed by atoms with Gasteiger partial charge in [0.25, 0.3) is 0 Å². The minimum Gasteiger partial charge on any atom is -0.395 e. The van der Waals surface area contributed by atoms with Crippen molar-refractivity contribution >= 4 is 11.6 Å². The van der Waals surface area contributed by atoms with Crippen molar-refractivity contribution in [3.8, 4) is 0 Å². The van der Waals surface area contributed by atoms with Crippen LogP contribution in [-0.4, -0.2) is 36.8 Å². The Labute approximate surface area is 102 Å². The van der Waals surface area contributed by atoms with Crippen molar-refractivity contribution in [2.75, 3.05) is 26.7 Å². The van der Waals surface area contributed by atoms with E-state index in [0.29, 0.717) is 5.92 Å². The molecule has 1 aromatic carbocycles. The Hall–Kier alpha value is -0.570. The monoisotopic (exact) mass is 239 g/mol. The Morgan fingerprint density at radius 1 is 1.50 bits per heavy atom. The lowest BCUT2D eigenvalue weighted by atomic mass is 10.0. The SMILES string of the molecule is CN(CCO)C[C@@H]1CCc2ccc(Cl)cc21. The van der Waals surface area contributed by atoms with Crippen molar-refractivity contribution in [3.63, 3.8) is 0 Å². The first-order chi connectivity index (χ1) is 7.70. The molecule has 16 heavy (non-hydrogen) atoms. The number of aliphatic hydroxyl groups is 1. The Bertz CT molecular complexity index is 367. The highest BCUT2D eigenvalue weighted by Gasteiger charge is 2.23. The highest BCUT2D eigenvalue weighted by Crippen LogP contribution is 2.35. The smallest absolute Gasteiger partial charge is 0.0558 e. The average Bonchev–Trinajstić information content (AvgIpc) is 2.61. The zero-order valence-electron chi connectivity index (χ0n) is 9.62. The van der Waals surface area contributed by atoms with Crippen molar-refractivity contribution in [2.45, 2.75) is 18.8 Å². The van der Waals surface area contributed by atoms with Gasteiger partial charge in [0.15, 0.2) is 0 Å². The van der Waals surface area contributed by atoms with E-state index in [-0.39, 0.29) is 6.61 Å². The molecule has 0 unspecified atom stereocenters. The van der Waals surface area contributed by atoms with Gasteiger partial charge < -0.3 is 10.0 Å². The van der Waals surface area contributed by atoms with Crippen LogP contribution < -0.4 is 0 Å². The Morgan fingerprint density at radius 3 is 3.06 bits per heavy atom. The van der Waals surface area contributed by atoms with Crippen molar-refractivity contribution in [2.24, 2.45) is 0 Å². The molecule has 0 saturated carbocycles. The van der Waals surface area contributed by atoms with E-state index < -0.39 is 0 Å². The molecule has 1 atom stereocenters. The van der Waals surface area contributed by atoms with E-state index in [2.05, 4.69) is 24.1 Å². The fourth-order valence-corrected chi connectivity index (χ4v) is 2.67. The van der Waals surface area contributed by atoms with Gasteiger partial charge in [0.1, 0.15) is 0 Å². The van der Waals surface area contributed by atoms with Gasteiger partial charge in [-0.15, -0.1) is 0 Å². The summed E-state index contributed by atoms with van der Waals surface area (Å²) < 4.78 is 0. The minimum absolute atomic E-state index is 0.228. The largest absolute Gasteiger partial charge is 0.395 e. The van der Waals surface area contributed by atoms with Crippen molar-refractivity contribution in [1.29, 1.82) is 0 Å². The summed E-state index contributed by atoms with van der Waals surface area (Å²) in [5, 5.41) is 9.72. The van der Waals surface area contributed by atoms with Crippen LogP contribution in [0.25, 0.3) is 0 Å². The maximum Gasteiger partial charge on any atom is 0.0558 e. The highest BCUT2D eigenvalue weighted by atomic mass is 35.5. The van der Waals surface area contributed by atoms with Crippen molar-refractivity contribution in [3.05, 3.63) is 34.3 Å². The first-order valence-corrected chi connectivity index (χ1v) is 6.16. The van der Waals surface area contributed by atoms with Crippen molar-refractivity contribution in [1.82, 2.24) is 4.90 Å². The average molecular weight is 240 g/mol. The molecule has 88 valence electrons. The Balaban J connectivity index is 2.08. The number of rotatable bonds is 4. The molecule has 0 spiro atoms. The van der Waals surface area contributed by atoms with Gasteiger partial charge in [0, 0.05) is 18.1 Å². The van der Waals surface area contributed by atoms with E-state index >= 15 is 0 Å². The third kappa shape index (κ3) is 2.57. The molecule has 1 aromatic rings. The third-order valence-electron chi connectivity index (χ3n) is 3.32. The van der Waals surface area contributed by atoms with E-state index in [1.54, 1.807) is 0 Å². The molecule has 1 N–H and O–H groups in total. The molecule has 2 rings (SSSR count). The predicted octanol–water partition coefficient (Wildman–Crippen LogP) is 2.29. The number of aryl methyl sites for hydroxylation is 1. The maximum absolute atomic E-state index is 8.89. The van der Waals surface area contributed by atoms with Gasteiger partial charge in [-0.2, -0.15) is 0 Å². The van der Waals surface area contributed by atoms with Crippen LogP contribution >= 0.6 is 11.6 Å². The summed E-state index contributed by atoms with van der Waals surface area (Å²) in [5.74, 6) is 0.574.